The van der Waals surface area contributed by atoms with Gasteiger partial charge in [-0.05, 0) is 12.8 Å². The molecule has 140 valence electrons. The molecule has 1 aliphatic heterocycles. The number of benzene rings is 1. The van der Waals surface area contributed by atoms with Crippen molar-refractivity contribution in [2.75, 3.05) is 0 Å². The lowest BCUT2D eigenvalue weighted by atomic mass is 10.2. The fourth-order valence-corrected chi connectivity index (χ4v) is 3.97. The number of aliphatic carboxylic acids is 1. The molecular weight excluding hydrogens is 372 g/mol. The Morgan fingerprint density at radius 2 is 2.30 bits per heavy atom. The van der Waals surface area contributed by atoms with Crippen LogP contribution >= 0.6 is 11.8 Å². The van der Waals surface area contributed by atoms with E-state index in [1.165, 1.54) is 23.2 Å². The number of thioether (sulfide) groups is 1. The van der Waals surface area contributed by atoms with Gasteiger partial charge < -0.3 is 5.11 Å². The standard InChI is InChI=1S/C17H16N4O5S/c22-15(23)9-14-16(24)20(12-5-1-2-6-12)17(27-14)19-18-10-11-4-3-7-13(8-11)21(25)26/h1,3-5,7-8,10,12,14H,2,6,9H2,(H,22,23)/b18-10+,19-17-. The molecule has 2 atom stereocenters. The minimum Gasteiger partial charge on any atom is -0.481 e. The zero-order chi connectivity index (χ0) is 19.4. The number of carbonyl (C=O) groups excluding carboxylic acids is 1. The second-order valence-corrected chi connectivity index (χ2v) is 7.13. The monoisotopic (exact) mass is 388 g/mol. The molecule has 1 aromatic rings. The summed E-state index contributed by atoms with van der Waals surface area (Å²) in [5, 5.41) is 27.5. The average molecular weight is 388 g/mol. The number of carboxylic acids is 1. The first kappa shape index (κ1) is 18.8. The van der Waals surface area contributed by atoms with Crippen molar-refractivity contribution in [3.8, 4) is 0 Å². The number of non-ortho nitro benzene ring substituents is 1. The predicted octanol–water partition coefficient (Wildman–Crippen LogP) is 2.42. The lowest BCUT2D eigenvalue weighted by molar-refractivity contribution is -0.384. The number of nitro groups is 1. The highest BCUT2D eigenvalue weighted by molar-refractivity contribution is 8.15. The van der Waals surface area contributed by atoms with Crippen molar-refractivity contribution >= 4 is 40.7 Å². The van der Waals surface area contributed by atoms with E-state index < -0.39 is 16.1 Å². The zero-order valence-corrected chi connectivity index (χ0v) is 14.9. The van der Waals surface area contributed by atoms with Crippen molar-refractivity contribution < 1.29 is 19.6 Å². The van der Waals surface area contributed by atoms with Gasteiger partial charge in [-0.15, -0.1) is 5.10 Å². The third kappa shape index (κ3) is 4.40. The van der Waals surface area contributed by atoms with E-state index in [0.29, 0.717) is 10.7 Å². The van der Waals surface area contributed by atoms with E-state index in [2.05, 4.69) is 10.2 Å². The molecule has 10 heteroatoms. The minimum absolute atomic E-state index is 0.0590. The number of nitrogens with zero attached hydrogens (tertiary/aromatic N) is 4. The van der Waals surface area contributed by atoms with E-state index >= 15 is 0 Å². The molecule has 1 heterocycles. The van der Waals surface area contributed by atoms with E-state index in [-0.39, 0.29) is 24.1 Å². The van der Waals surface area contributed by atoms with Gasteiger partial charge in [0.05, 0.1) is 23.6 Å². The number of carboxylic acid groups (broad SMARTS) is 1. The maximum Gasteiger partial charge on any atom is 0.305 e. The number of amides is 1. The molecule has 27 heavy (non-hydrogen) atoms. The van der Waals surface area contributed by atoms with Crippen molar-refractivity contribution in [3.05, 3.63) is 52.1 Å². The Bertz CT molecular complexity index is 867. The van der Waals surface area contributed by atoms with E-state index in [4.69, 9.17) is 5.11 Å². The van der Waals surface area contributed by atoms with Gasteiger partial charge >= 0.3 is 5.97 Å². The molecule has 9 nitrogen and oxygen atoms in total. The summed E-state index contributed by atoms with van der Waals surface area (Å²) >= 11 is 1.07. The molecule has 3 rings (SSSR count). The van der Waals surface area contributed by atoms with Crippen LogP contribution in [-0.2, 0) is 9.59 Å². The Balaban J connectivity index is 1.82. The second kappa shape index (κ2) is 8.12. The lowest BCUT2D eigenvalue weighted by Gasteiger charge is -2.21. The molecule has 2 aliphatic rings. The van der Waals surface area contributed by atoms with E-state index in [0.717, 1.165) is 24.6 Å². The predicted molar refractivity (Wildman–Crippen MR) is 101 cm³/mol. The van der Waals surface area contributed by atoms with Gasteiger partial charge in [0.25, 0.3) is 5.69 Å². The molecule has 0 radical (unpaired) electrons. The van der Waals surface area contributed by atoms with Crippen LogP contribution in [0.15, 0.2) is 46.6 Å². The first-order chi connectivity index (χ1) is 13.0. The normalized spacial score (nSPS) is 23.6. The van der Waals surface area contributed by atoms with E-state index in [1.807, 2.05) is 12.2 Å². The first-order valence-corrected chi connectivity index (χ1v) is 9.07. The highest BCUT2D eigenvalue weighted by Gasteiger charge is 2.42. The first-order valence-electron chi connectivity index (χ1n) is 8.19. The van der Waals surface area contributed by atoms with Gasteiger partial charge in [-0.3, -0.25) is 24.6 Å². The molecule has 1 aliphatic carbocycles. The summed E-state index contributed by atoms with van der Waals surface area (Å²) in [5.41, 5.74) is 0.438. The number of allylic oxidation sites excluding steroid dienone is 1. The van der Waals surface area contributed by atoms with Crippen LogP contribution < -0.4 is 0 Å². The van der Waals surface area contributed by atoms with Gasteiger partial charge in [0, 0.05) is 17.7 Å². The Morgan fingerprint density at radius 1 is 1.48 bits per heavy atom. The van der Waals surface area contributed by atoms with Crippen molar-refractivity contribution in [2.24, 2.45) is 10.2 Å². The second-order valence-electron chi connectivity index (χ2n) is 5.96. The Kier molecular flexibility index (Phi) is 5.65. The van der Waals surface area contributed by atoms with Gasteiger partial charge in [-0.25, -0.2) is 0 Å². The van der Waals surface area contributed by atoms with Crippen molar-refractivity contribution in [2.45, 2.75) is 30.6 Å². The quantitative estimate of drug-likeness (QED) is 0.345. The van der Waals surface area contributed by atoms with E-state index in [9.17, 15) is 19.7 Å². The van der Waals surface area contributed by atoms with Gasteiger partial charge in [-0.2, -0.15) is 5.10 Å². The van der Waals surface area contributed by atoms with Gasteiger partial charge in [0.15, 0.2) is 5.17 Å². The largest absolute Gasteiger partial charge is 0.481 e. The molecule has 2 unspecified atom stereocenters. The number of carbonyl (C=O) groups is 2. The smallest absolute Gasteiger partial charge is 0.305 e. The fraction of sp³-hybridized carbons (Fsp3) is 0.294. The van der Waals surface area contributed by atoms with Crippen LogP contribution in [0.5, 0.6) is 0 Å². The fourth-order valence-electron chi connectivity index (χ4n) is 2.84. The summed E-state index contributed by atoms with van der Waals surface area (Å²) in [6.07, 6.45) is 6.54. The SMILES string of the molecule is O=C(O)CC1S/C(=N\N=C\c2cccc([N+](=O)[O-])c2)N(C2C=CCC2)C1=O. The molecular formula is C17H16N4O5S. The maximum atomic E-state index is 12.6. The third-order valence-corrected chi connectivity index (χ3v) is 5.22. The number of amidine groups is 1. The van der Waals surface area contributed by atoms with Crippen molar-refractivity contribution in [3.63, 3.8) is 0 Å². The van der Waals surface area contributed by atoms with Crippen LogP contribution in [0.2, 0.25) is 0 Å². The maximum absolute atomic E-state index is 12.6. The van der Waals surface area contributed by atoms with Crippen molar-refractivity contribution in [1.82, 2.24) is 4.90 Å². The molecule has 0 aromatic heterocycles. The summed E-state index contributed by atoms with van der Waals surface area (Å²) in [6, 6.07) is 5.77. The van der Waals surface area contributed by atoms with Crippen LogP contribution in [-0.4, -0.2) is 49.5 Å². The average Bonchev–Trinajstić information content (AvgIpc) is 3.24. The summed E-state index contributed by atoms with van der Waals surface area (Å²) in [4.78, 5) is 35.4. The van der Waals surface area contributed by atoms with Gasteiger partial charge in [0.1, 0.15) is 5.25 Å². The topological polar surface area (TPSA) is 125 Å². The van der Waals surface area contributed by atoms with E-state index in [1.54, 1.807) is 12.1 Å². The summed E-state index contributed by atoms with van der Waals surface area (Å²) in [6.45, 7) is 0. The minimum atomic E-state index is -1.05. The molecule has 1 amide bonds. The molecule has 1 fully saturated rings. The van der Waals surface area contributed by atoms with Crippen molar-refractivity contribution in [1.29, 1.82) is 0 Å². The zero-order valence-electron chi connectivity index (χ0n) is 14.1. The molecule has 0 saturated carbocycles. The van der Waals surface area contributed by atoms with Gasteiger partial charge in [-0.1, -0.05) is 36.0 Å². The van der Waals surface area contributed by atoms with Crippen LogP contribution in [0.3, 0.4) is 0 Å². The molecule has 0 bridgehead atoms. The molecule has 1 N–H and O–H groups in total. The molecule has 1 saturated heterocycles. The summed E-state index contributed by atoms with van der Waals surface area (Å²) in [7, 11) is 0. The Morgan fingerprint density at radius 3 is 2.96 bits per heavy atom. The summed E-state index contributed by atoms with van der Waals surface area (Å²) < 4.78 is 0. The van der Waals surface area contributed by atoms with Crippen LogP contribution in [0, 0.1) is 10.1 Å². The Hall–Kier alpha value is -3.01. The highest BCUT2D eigenvalue weighted by atomic mass is 32.2. The number of hydrogen-bond donors (Lipinski definition) is 1. The molecule has 0 spiro atoms. The van der Waals surface area contributed by atoms with Crippen LogP contribution in [0.1, 0.15) is 24.8 Å². The number of rotatable bonds is 6. The third-order valence-electron chi connectivity index (χ3n) is 4.08. The van der Waals surface area contributed by atoms with Gasteiger partial charge in [0.2, 0.25) is 5.91 Å². The number of hydrogen-bond acceptors (Lipinski definition) is 7. The Labute approximate surface area is 158 Å². The number of nitro benzene ring substituents is 1. The highest BCUT2D eigenvalue weighted by Crippen LogP contribution is 2.34. The molecule has 1 aromatic carbocycles. The van der Waals surface area contributed by atoms with Crippen LogP contribution in [0.4, 0.5) is 5.69 Å². The van der Waals surface area contributed by atoms with Crippen LogP contribution in [0.25, 0.3) is 0 Å². The lowest BCUT2D eigenvalue weighted by Crippen LogP contribution is -2.39. The summed E-state index contributed by atoms with van der Waals surface area (Å²) in [5.74, 6) is -1.34.